The van der Waals surface area contributed by atoms with E-state index in [0.717, 1.165) is 12.5 Å². The van der Waals surface area contributed by atoms with Crippen LogP contribution in [0.4, 0.5) is 0 Å². The molecule has 1 N–H and O–H groups in total. The predicted octanol–water partition coefficient (Wildman–Crippen LogP) is 2.06. The van der Waals surface area contributed by atoms with Crippen molar-refractivity contribution in [1.29, 1.82) is 0 Å². The number of nitrogens with one attached hydrogen (secondary N) is 1. The van der Waals surface area contributed by atoms with E-state index in [1.807, 2.05) is 11.7 Å². The molecule has 90 valence electrons. The molecule has 3 heteroatoms. The summed E-state index contributed by atoms with van der Waals surface area (Å²) in [4.78, 5) is 0. The highest BCUT2D eigenvalue weighted by molar-refractivity contribution is 5.16. The van der Waals surface area contributed by atoms with E-state index in [2.05, 4.69) is 23.5 Å². The molecular formula is C13H23N3. The third-order valence-electron chi connectivity index (χ3n) is 3.21. The van der Waals surface area contributed by atoms with Crippen molar-refractivity contribution in [2.24, 2.45) is 7.05 Å². The summed E-state index contributed by atoms with van der Waals surface area (Å²) in [6, 6.07) is 0.851. The monoisotopic (exact) mass is 221 g/mol. The molecule has 1 aromatic rings. The molecule has 0 atom stereocenters. The van der Waals surface area contributed by atoms with Crippen molar-refractivity contribution >= 4 is 0 Å². The van der Waals surface area contributed by atoms with Gasteiger partial charge in [0.2, 0.25) is 0 Å². The second-order valence-corrected chi connectivity index (χ2v) is 4.81. The fourth-order valence-corrected chi connectivity index (χ4v) is 2.12. The molecule has 0 saturated heterocycles. The highest BCUT2D eigenvalue weighted by Crippen LogP contribution is 2.18. The molecule has 0 bridgehead atoms. The van der Waals surface area contributed by atoms with Crippen LogP contribution < -0.4 is 5.32 Å². The third kappa shape index (κ3) is 3.34. The van der Waals surface area contributed by atoms with E-state index in [-0.39, 0.29) is 0 Å². The van der Waals surface area contributed by atoms with Crippen molar-refractivity contribution in [2.45, 2.75) is 51.5 Å². The maximum absolute atomic E-state index is 4.47. The van der Waals surface area contributed by atoms with E-state index in [9.17, 15) is 0 Å². The number of nitrogens with zero attached hydrogens (tertiary/aromatic N) is 2. The first kappa shape index (κ1) is 11.6. The number of hydrogen-bond acceptors (Lipinski definition) is 2. The van der Waals surface area contributed by atoms with Crippen LogP contribution in [0.1, 0.15) is 43.9 Å². The average Bonchev–Trinajstić information content (AvgIpc) is 3.01. The van der Waals surface area contributed by atoms with Gasteiger partial charge in [-0.3, -0.25) is 4.68 Å². The minimum absolute atomic E-state index is 0.851. The molecular weight excluding hydrogens is 198 g/mol. The van der Waals surface area contributed by atoms with Crippen LogP contribution in [0.15, 0.2) is 6.20 Å². The van der Waals surface area contributed by atoms with Crippen LogP contribution in [0.3, 0.4) is 0 Å². The zero-order valence-corrected chi connectivity index (χ0v) is 10.5. The summed E-state index contributed by atoms with van der Waals surface area (Å²) < 4.78 is 1.94. The largest absolute Gasteiger partial charge is 0.314 e. The standard InChI is InChI=1S/C13H23N3/c1-3-13-11(10-16(2)15-13)6-4-5-9-14-12-7-8-12/h10,12,14H,3-9H2,1-2H3. The van der Waals surface area contributed by atoms with Gasteiger partial charge in [-0.05, 0) is 50.6 Å². The molecule has 1 heterocycles. The Morgan fingerprint density at radius 3 is 2.94 bits per heavy atom. The van der Waals surface area contributed by atoms with Crippen molar-refractivity contribution in [2.75, 3.05) is 6.54 Å². The molecule has 2 rings (SSSR count). The van der Waals surface area contributed by atoms with E-state index in [4.69, 9.17) is 0 Å². The molecule has 1 aliphatic rings. The van der Waals surface area contributed by atoms with Crippen molar-refractivity contribution in [3.63, 3.8) is 0 Å². The zero-order chi connectivity index (χ0) is 11.4. The molecule has 1 aromatic heterocycles. The van der Waals surface area contributed by atoms with E-state index in [0.29, 0.717) is 0 Å². The first-order valence-electron chi connectivity index (χ1n) is 6.54. The van der Waals surface area contributed by atoms with Crippen LogP contribution in [0, 0.1) is 0 Å². The van der Waals surface area contributed by atoms with Crippen LogP contribution in [-0.2, 0) is 19.9 Å². The molecule has 1 saturated carbocycles. The molecule has 16 heavy (non-hydrogen) atoms. The molecule has 0 unspecified atom stereocenters. The summed E-state index contributed by atoms with van der Waals surface area (Å²) in [5.74, 6) is 0. The third-order valence-corrected chi connectivity index (χ3v) is 3.21. The van der Waals surface area contributed by atoms with Crippen molar-refractivity contribution in [3.05, 3.63) is 17.5 Å². The van der Waals surface area contributed by atoms with Gasteiger partial charge >= 0.3 is 0 Å². The lowest BCUT2D eigenvalue weighted by atomic mass is 10.1. The highest BCUT2D eigenvalue weighted by atomic mass is 15.2. The van der Waals surface area contributed by atoms with E-state index in [1.54, 1.807) is 0 Å². The topological polar surface area (TPSA) is 29.9 Å². The van der Waals surface area contributed by atoms with E-state index >= 15 is 0 Å². The van der Waals surface area contributed by atoms with Crippen LogP contribution >= 0.6 is 0 Å². The second-order valence-electron chi connectivity index (χ2n) is 4.81. The first-order valence-corrected chi connectivity index (χ1v) is 6.54. The van der Waals surface area contributed by atoms with Gasteiger partial charge in [-0.1, -0.05) is 6.92 Å². The summed E-state index contributed by atoms with van der Waals surface area (Å²) in [5.41, 5.74) is 2.72. The normalized spacial score (nSPS) is 15.6. The van der Waals surface area contributed by atoms with Crippen molar-refractivity contribution in [1.82, 2.24) is 15.1 Å². The Hall–Kier alpha value is -0.830. The zero-order valence-electron chi connectivity index (χ0n) is 10.5. The van der Waals surface area contributed by atoms with Crippen molar-refractivity contribution < 1.29 is 0 Å². The fraction of sp³-hybridized carbons (Fsp3) is 0.769. The minimum Gasteiger partial charge on any atom is -0.314 e. The molecule has 1 aliphatic carbocycles. The van der Waals surface area contributed by atoms with Crippen LogP contribution in [-0.4, -0.2) is 22.4 Å². The summed E-state index contributed by atoms with van der Waals surface area (Å²) >= 11 is 0. The van der Waals surface area contributed by atoms with Gasteiger partial charge in [0.1, 0.15) is 0 Å². The average molecular weight is 221 g/mol. The van der Waals surface area contributed by atoms with Gasteiger partial charge in [-0.25, -0.2) is 0 Å². The SMILES string of the molecule is CCc1nn(C)cc1CCCCNC1CC1. The smallest absolute Gasteiger partial charge is 0.0653 e. The quantitative estimate of drug-likeness (QED) is 0.714. The molecule has 0 aromatic carbocycles. The summed E-state index contributed by atoms with van der Waals surface area (Å²) in [5, 5.41) is 8.02. The van der Waals surface area contributed by atoms with Gasteiger partial charge in [-0.2, -0.15) is 5.10 Å². The first-order chi connectivity index (χ1) is 7.79. The van der Waals surface area contributed by atoms with Gasteiger partial charge in [0, 0.05) is 19.3 Å². The Labute approximate surface area is 98.2 Å². The number of aromatic nitrogens is 2. The second kappa shape index (κ2) is 5.48. The van der Waals surface area contributed by atoms with Crippen LogP contribution in [0.5, 0.6) is 0 Å². The predicted molar refractivity (Wildman–Crippen MR) is 66.5 cm³/mol. The molecule has 1 fully saturated rings. The number of rotatable bonds is 7. The van der Waals surface area contributed by atoms with Gasteiger partial charge in [0.05, 0.1) is 5.69 Å². The van der Waals surface area contributed by atoms with Gasteiger partial charge < -0.3 is 5.32 Å². The molecule has 0 radical (unpaired) electrons. The van der Waals surface area contributed by atoms with Gasteiger partial charge in [0.25, 0.3) is 0 Å². The van der Waals surface area contributed by atoms with E-state index < -0.39 is 0 Å². The van der Waals surface area contributed by atoms with Gasteiger partial charge in [-0.15, -0.1) is 0 Å². The number of aryl methyl sites for hydroxylation is 3. The number of unbranched alkanes of at least 4 members (excludes halogenated alkanes) is 1. The van der Waals surface area contributed by atoms with Crippen LogP contribution in [0.25, 0.3) is 0 Å². The lowest BCUT2D eigenvalue weighted by Crippen LogP contribution is -2.17. The molecule has 0 amide bonds. The molecule has 3 nitrogen and oxygen atoms in total. The lowest BCUT2D eigenvalue weighted by molar-refractivity contribution is 0.619. The maximum Gasteiger partial charge on any atom is 0.0653 e. The van der Waals surface area contributed by atoms with Crippen molar-refractivity contribution in [3.8, 4) is 0 Å². The van der Waals surface area contributed by atoms with E-state index in [1.165, 1.54) is 49.9 Å². The highest BCUT2D eigenvalue weighted by Gasteiger charge is 2.19. The lowest BCUT2D eigenvalue weighted by Gasteiger charge is -2.02. The Morgan fingerprint density at radius 1 is 1.44 bits per heavy atom. The Balaban J connectivity index is 1.66. The summed E-state index contributed by atoms with van der Waals surface area (Å²) in [7, 11) is 2.01. The Kier molecular flexibility index (Phi) is 3.99. The van der Waals surface area contributed by atoms with Gasteiger partial charge in [0.15, 0.2) is 0 Å². The van der Waals surface area contributed by atoms with Crippen LogP contribution in [0.2, 0.25) is 0 Å². The molecule has 0 spiro atoms. The Bertz CT molecular complexity index is 326. The fourth-order valence-electron chi connectivity index (χ4n) is 2.12. The summed E-state index contributed by atoms with van der Waals surface area (Å²) in [6.45, 7) is 3.37. The summed E-state index contributed by atoms with van der Waals surface area (Å²) in [6.07, 6.45) is 9.76. The minimum atomic E-state index is 0.851. The Morgan fingerprint density at radius 2 is 2.25 bits per heavy atom. The molecule has 0 aliphatic heterocycles. The maximum atomic E-state index is 4.47. The number of hydrogen-bond donors (Lipinski definition) is 1.